The second-order valence-corrected chi connectivity index (χ2v) is 4.46. The lowest BCUT2D eigenvalue weighted by atomic mass is 10.0. The third-order valence-corrected chi connectivity index (χ3v) is 3.11. The molecule has 0 saturated carbocycles. The van der Waals surface area contributed by atoms with Gasteiger partial charge in [-0.1, -0.05) is 19.4 Å². The first-order valence-corrected chi connectivity index (χ1v) is 6.07. The summed E-state index contributed by atoms with van der Waals surface area (Å²) < 4.78 is 0. The van der Waals surface area contributed by atoms with E-state index in [0.29, 0.717) is 11.3 Å². The molecular weight excluding hydrogens is 226 g/mol. The molecule has 1 amide bonds. The van der Waals surface area contributed by atoms with Crippen LogP contribution in [0.1, 0.15) is 29.4 Å². The van der Waals surface area contributed by atoms with Gasteiger partial charge in [0.15, 0.2) is 0 Å². The monoisotopic (exact) mass is 241 g/mol. The zero-order valence-electron chi connectivity index (χ0n) is 9.10. The molecule has 0 spiro atoms. The number of carboxylic acids is 1. The molecule has 4 nitrogen and oxygen atoms in total. The lowest BCUT2D eigenvalue weighted by Crippen LogP contribution is -2.32. The van der Waals surface area contributed by atoms with E-state index < -0.39 is 11.9 Å². The highest BCUT2D eigenvalue weighted by atomic mass is 32.1. The van der Waals surface area contributed by atoms with E-state index in [1.54, 1.807) is 12.1 Å². The van der Waals surface area contributed by atoms with Crippen molar-refractivity contribution in [3.63, 3.8) is 0 Å². The Balaban J connectivity index is 2.43. The molecule has 1 heterocycles. The Morgan fingerprint density at radius 3 is 2.81 bits per heavy atom. The maximum atomic E-state index is 11.5. The van der Waals surface area contributed by atoms with Crippen LogP contribution < -0.4 is 5.32 Å². The summed E-state index contributed by atoms with van der Waals surface area (Å²) in [6, 6.07) is 3.51. The Morgan fingerprint density at radius 1 is 1.56 bits per heavy atom. The largest absolute Gasteiger partial charge is 0.481 e. The fourth-order valence-electron chi connectivity index (χ4n) is 1.37. The molecule has 1 aromatic heterocycles. The van der Waals surface area contributed by atoms with Gasteiger partial charge in [-0.2, -0.15) is 0 Å². The molecule has 1 aromatic rings. The number of rotatable bonds is 6. The van der Waals surface area contributed by atoms with E-state index in [2.05, 4.69) is 5.32 Å². The molecule has 1 atom stereocenters. The number of thiophene rings is 1. The second kappa shape index (κ2) is 6.27. The maximum absolute atomic E-state index is 11.5. The predicted octanol–water partition coefficient (Wildman–Crippen LogP) is 1.98. The lowest BCUT2D eigenvalue weighted by Gasteiger charge is -2.11. The number of hydrogen-bond donors (Lipinski definition) is 2. The maximum Gasteiger partial charge on any atom is 0.308 e. The quantitative estimate of drug-likeness (QED) is 0.800. The van der Waals surface area contributed by atoms with E-state index in [0.717, 1.165) is 6.42 Å². The molecule has 0 aliphatic rings. The highest BCUT2D eigenvalue weighted by molar-refractivity contribution is 7.12. The number of carbonyl (C=O) groups excluding carboxylic acids is 1. The van der Waals surface area contributed by atoms with E-state index in [1.807, 2.05) is 12.3 Å². The fraction of sp³-hybridized carbons (Fsp3) is 0.455. The van der Waals surface area contributed by atoms with Crippen LogP contribution in [0.3, 0.4) is 0 Å². The van der Waals surface area contributed by atoms with E-state index in [-0.39, 0.29) is 12.5 Å². The number of carbonyl (C=O) groups is 2. The first-order chi connectivity index (χ1) is 7.65. The van der Waals surface area contributed by atoms with Gasteiger partial charge in [0.05, 0.1) is 10.8 Å². The van der Waals surface area contributed by atoms with Crippen molar-refractivity contribution in [1.29, 1.82) is 0 Å². The van der Waals surface area contributed by atoms with Crippen LogP contribution >= 0.6 is 11.3 Å². The lowest BCUT2D eigenvalue weighted by molar-refractivity contribution is -0.141. The first-order valence-electron chi connectivity index (χ1n) is 5.19. The van der Waals surface area contributed by atoms with Gasteiger partial charge in [-0.15, -0.1) is 11.3 Å². The van der Waals surface area contributed by atoms with E-state index in [1.165, 1.54) is 11.3 Å². The number of hydrogen-bond acceptors (Lipinski definition) is 3. The highest BCUT2D eigenvalue weighted by Gasteiger charge is 2.17. The van der Waals surface area contributed by atoms with Gasteiger partial charge < -0.3 is 10.4 Å². The van der Waals surface area contributed by atoms with Gasteiger partial charge in [0.2, 0.25) is 0 Å². The van der Waals surface area contributed by atoms with E-state index >= 15 is 0 Å². The van der Waals surface area contributed by atoms with Gasteiger partial charge in [0, 0.05) is 6.54 Å². The van der Waals surface area contributed by atoms with Crippen LogP contribution in [-0.4, -0.2) is 23.5 Å². The standard InChI is InChI=1S/C11H15NO3S/c1-2-4-8(11(14)15)7-12-10(13)9-5-3-6-16-9/h3,5-6,8H,2,4,7H2,1H3,(H,12,13)(H,14,15). The highest BCUT2D eigenvalue weighted by Crippen LogP contribution is 2.09. The first kappa shape index (κ1) is 12.7. The van der Waals surface area contributed by atoms with Crippen molar-refractivity contribution in [2.75, 3.05) is 6.54 Å². The molecule has 1 unspecified atom stereocenters. The number of carboxylic acid groups (broad SMARTS) is 1. The number of amides is 1. The molecule has 0 bridgehead atoms. The van der Waals surface area contributed by atoms with Crippen molar-refractivity contribution in [1.82, 2.24) is 5.32 Å². The Kier molecular flexibility index (Phi) is 4.98. The van der Waals surface area contributed by atoms with E-state index in [4.69, 9.17) is 5.11 Å². The molecule has 5 heteroatoms. The van der Waals surface area contributed by atoms with Crippen molar-refractivity contribution in [2.24, 2.45) is 5.92 Å². The normalized spacial score (nSPS) is 12.1. The van der Waals surface area contributed by atoms with E-state index in [9.17, 15) is 9.59 Å². The minimum absolute atomic E-state index is 0.194. The topological polar surface area (TPSA) is 66.4 Å². The molecule has 88 valence electrons. The second-order valence-electron chi connectivity index (χ2n) is 3.51. The van der Waals surface area contributed by atoms with Gasteiger partial charge in [0.25, 0.3) is 5.91 Å². The van der Waals surface area contributed by atoms with Crippen LogP contribution in [-0.2, 0) is 4.79 Å². The van der Waals surface area contributed by atoms with Crippen LogP contribution in [0.25, 0.3) is 0 Å². The summed E-state index contributed by atoms with van der Waals surface area (Å²) in [5.74, 6) is -1.54. The molecule has 0 aromatic carbocycles. The molecule has 0 saturated heterocycles. The SMILES string of the molecule is CCCC(CNC(=O)c1cccs1)C(=O)O. The average Bonchev–Trinajstić information content (AvgIpc) is 2.76. The Bertz CT molecular complexity index is 348. The number of aliphatic carboxylic acids is 1. The molecule has 2 N–H and O–H groups in total. The molecule has 0 radical (unpaired) electrons. The molecule has 0 fully saturated rings. The van der Waals surface area contributed by atoms with Crippen LogP contribution in [0.4, 0.5) is 0 Å². The smallest absolute Gasteiger partial charge is 0.308 e. The van der Waals surface area contributed by atoms with Crippen LogP contribution in [0.2, 0.25) is 0 Å². The van der Waals surface area contributed by atoms with Gasteiger partial charge in [0.1, 0.15) is 0 Å². The summed E-state index contributed by atoms with van der Waals surface area (Å²) in [5.41, 5.74) is 0. The van der Waals surface area contributed by atoms with Crippen LogP contribution in [0, 0.1) is 5.92 Å². The van der Waals surface area contributed by atoms with Crippen molar-refractivity contribution in [3.05, 3.63) is 22.4 Å². The summed E-state index contributed by atoms with van der Waals surface area (Å²) in [5, 5.41) is 13.4. The summed E-state index contributed by atoms with van der Waals surface area (Å²) in [4.78, 5) is 23.0. The Hall–Kier alpha value is -1.36. The summed E-state index contributed by atoms with van der Waals surface area (Å²) >= 11 is 1.34. The zero-order chi connectivity index (χ0) is 12.0. The number of nitrogens with one attached hydrogen (secondary N) is 1. The zero-order valence-corrected chi connectivity index (χ0v) is 9.92. The van der Waals surface area contributed by atoms with Crippen LogP contribution in [0.5, 0.6) is 0 Å². The Labute approximate surface area is 98.3 Å². The fourth-order valence-corrected chi connectivity index (χ4v) is 2.01. The predicted molar refractivity (Wildman–Crippen MR) is 62.7 cm³/mol. The summed E-state index contributed by atoms with van der Waals surface area (Å²) in [7, 11) is 0. The molecule has 16 heavy (non-hydrogen) atoms. The third-order valence-electron chi connectivity index (χ3n) is 2.24. The molecule has 0 aliphatic heterocycles. The van der Waals surface area contributed by atoms with Crippen molar-refractivity contribution >= 4 is 23.2 Å². The van der Waals surface area contributed by atoms with Gasteiger partial charge in [-0.25, -0.2) is 0 Å². The minimum Gasteiger partial charge on any atom is -0.481 e. The molecular formula is C11H15NO3S. The van der Waals surface area contributed by atoms with Crippen molar-refractivity contribution in [3.8, 4) is 0 Å². The molecule has 0 aliphatic carbocycles. The molecule has 1 rings (SSSR count). The summed E-state index contributed by atoms with van der Waals surface area (Å²) in [6.07, 6.45) is 1.38. The van der Waals surface area contributed by atoms with Crippen LogP contribution in [0.15, 0.2) is 17.5 Å². The van der Waals surface area contributed by atoms with Gasteiger partial charge >= 0.3 is 5.97 Å². The van der Waals surface area contributed by atoms with Crippen molar-refractivity contribution in [2.45, 2.75) is 19.8 Å². The average molecular weight is 241 g/mol. The Morgan fingerprint density at radius 2 is 2.31 bits per heavy atom. The van der Waals surface area contributed by atoms with Gasteiger partial charge in [-0.05, 0) is 17.9 Å². The minimum atomic E-state index is -0.853. The third kappa shape index (κ3) is 3.66. The van der Waals surface area contributed by atoms with Crippen molar-refractivity contribution < 1.29 is 14.7 Å². The summed E-state index contributed by atoms with van der Waals surface area (Å²) in [6.45, 7) is 2.12. The van der Waals surface area contributed by atoms with Gasteiger partial charge in [-0.3, -0.25) is 9.59 Å².